The summed E-state index contributed by atoms with van der Waals surface area (Å²) in [5, 5.41) is 9.28. The maximum atomic E-state index is 14.4. The third-order valence-corrected chi connectivity index (χ3v) is 5.68. The lowest BCUT2D eigenvalue weighted by Crippen LogP contribution is -2.09. The Bertz CT molecular complexity index is 1060. The van der Waals surface area contributed by atoms with Crippen molar-refractivity contribution in [3.05, 3.63) is 35.0 Å². The lowest BCUT2D eigenvalue weighted by atomic mass is 10.1. The smallest absolute Gasteiger partial charge is 0.220 e. The molecule has 1 saturated heterocycles. The lowest BCUT2D eigenvalue weighted by Gasteiger charge is -2.12. The molecule has 9 heteroatoms. The fourth-order valence-electron chi connectivity index (χ4n) is 3.94. The van der Waals surface area contributed by atoms with Gasteiger partial charge in [-0.2, -0.15) is 0 Å². The molecule has 3 N–H and O–H groups in total. The molecule has 1 aliphatic rings. The van der Waals surface area contributed by atoms with E-state index < -0.39 is 5.82 Å². The van der Waals surface area contributed by atoms with Crippen LogP contribution in [0.4, 0.5) is 10.3 Å². The van der Waals surface area contributed by atoms with Crippen LogP contribution in [0.1, 0.15) is 58.3 Å². The minimum absolute atomic E-state index is 0.0912. The summed E-state index contributed by atoms with van der Waals surface area (Å²) in [6.45, 7) is 8.65. The molecule has 0 spiro atoms. The molecule has 1 fully saturated rings. The number of nitrogens with two attached hydrogens (primary N) is 1. The Balaban J connectivity index is 0.000000243. The fraction of sp³-hybridized carbons (Fsp3) is 0.522. The molecule has 4 rings (SSSR count). The Morgan fingerprint density at radius 2 is 2.06 bits per heavy atom. The van der Waals surface area contributed by atoms with Gasteiger partial charge in [-0.05, 0) is 65.5 Å². The van der Waals surface area contributed by atoms with Crippen LogP contribution in [-0.2, 0) is 4.74 Å². The number of halogens is 2. The number of fused-ring (bicyclic) bond motifs is 1. The third kappa shape index (κ3) is 5.74. The highest BCUT2D eigenvalue weighted by atomic mass is 35.5. The average molecular weight is 464 g/mol. The Morgan fingerprint density at radius 3 is 2.69 bits per heavy atom. The molecule has 1 aliphatic heterocycles. The molecule has 1 aromatic carbocycles. The van der Waals surface area contributed by atoms with Crippen LogP contribution in [0.25, 0.3) is 22.3 Å². The number of ether oxygens (including phenoxy) is 1. The van der Waals surface area contributed by atoms with E-state index in [1.54, 1.807) is 0 Å². The molecule has 2 atom stereocenters. The van der Waals surface area contributed by atoms with Gasteiger partial charge in [0.05, 0.1) is 34.6 Å². The van der Waals surface area contributed by atoms with Gasteiger partial charge in [0.25, 0.3) is 0 Å². The number of rotatable bonds is 5. The number of benzene rings is 1. The molecule has 3 heterocycles. The molecular formula is C23H31ClFN5O2. The van der Waals surface area contributed by atoms with Gasteiger partial charge in [-0.25, -0.2) is 19.3 Å². The molecule has 0 bridgehead atoms. The number of aromatic nitrogens is 4. The van der Waals surface area contributed by atoms with Crippen LogP contribution in [0.15, 0.2) is 18.3 Å². The van der Waals surface area contributed by atoms with E-state index in [9.17, 15) is 4.39 Å². The topological polar surface area (TPSA) is 99.1 Å². The molecule has 0 amide bonds. The molecule has 32 heavy (non-hydrogen) atoms. The van der Waals surface area contributed by atoms with Crippen molar-refractivity contribution >= 4 is 28.6 Å². The average Bonchev–Trinajstić information content (AvgIpc) is 3.36. The highest BCUT2D eigenvalue weighted by Crippen LogP contribution is 2.31. The predicted molar refractivity (Wildman–Crippen MR) is 125 cm³/mol. The zero-order valence-electron chi connectivity index (χ0n) is 19.0. The zero-order valence-corrected chi connectivity index (χ0v) is 19.7. The molecule has 0 radical (unpaired) electrons. The Hall–Kier alpha value is -2.29. The Morgan fingerprint density at radius 1 is 1.31 bits per heavy atom. The van der Waals surface area contributed by atoms with Gasteiger partial charge in [-0.15, -0.1) is 0 Å². The molecule has 0 aliphatic carbocycles. The summed E-state index contributed by atoms with van der Waals surface area (Å²) in [5.41, 5.74) is 7.60. The number of aliphatic hydroxyl groups excluding tert-OH is 1. The van der Waals surface area contributed by atoms with Gasteiger partial charge in [0.15, 0.2) is 5.82 Å². The second-order valence-electron chi connectivity index (χ2n) is 8.43. The van der Waals surface area contributed by atoms with Gasteiger partial charge in [0, 0.05) is 18.2 Å². The van der Waals surface area contributed by atoms with Gasteiger partial charge < -0.3 is 20.1 Å². The number of imidazole rings is 1. The van der Waals surface area contributed by atoms with E-state index >= 15 is 0 Å². The number of aryl methyl sites for hydroxylation is 1. The fourth-order valence-corrected chi connectivity index (χ4v) is 4.14. The number of hydrogen-bond acceptors (Lipinski definition) is 6. The zero-order chi connectivity index (χ0) is 23.4. The number of nitrogen functional groups attached to an aromatic ring is 1. The molecule has 2 aromatic heterocycles. The first kappa shape index (κ1) is 24.4. The van der Waals surface area contributed by atoms with E-state index in [-0.39, 0.29) is 18.1 Å². The molecular weight excluding hydrogens is 433 g/mol. The molecule has 2 unspecified atom stereocenters. The summed E-state index contributed by atoms with van der Waals surface area (Å²) in [4.78, 5) is 12.2. The quantitative estimate of drug-likeness (QED) is 0.547. The summed E-state index contributed by atoms with van der Waals surface area (Å²) in [5.74, 6) is 0.436. The van der Waals surface area contributed by atoms with Crippen molar-refractivity contribution in [2.24, 2.45) is 0 Å². The molecule has 174 valence electrons. The standard InChI is InChI=1S/C15H15ClFN5.C8H16O2/c1-7(2)22-8(3)20-14-11(17)4-9(5-12(14)22)13-10(16)6-19-15(18)21-13;1-7(9)4-5-8-3-2-6-10-8/h4-7H,1-3H3,(H2,18,19,21);7-9H,2-6H2,1H3. The van der Waals surface area contributed by atoms with Crippen LogP contribution in [0.3, 0.4) is 0 Å². The van der Waals surface area contributed by atoms with Crippen LogP contribution in [0, 0.1) is 12.7 Å². The van der Waals surface area contributed by atoms with Gasteiger partial charge >= 0.3 is 0 Å². The summed E-state index contributed by atoms with van der Waals surface area (Å²) >= 11 is 6.12. The predicted octanol–water partition coefficient (Wildman–Crippen LogP) is 5.08. The van der Waals surface area contributed by atoms with Crippen molar-refractivity contribution in [1.82, 2.24) is 19.5 Å². The second-order valence-corrected chi connectivity index (χ2v) is 8.84. The minimum Gasteiger partial charge on any atom is -0.393 e. The second kappa shape index (κ2) is 10.6. The van der Waals surface area contributed by atoms with E-state index in [0.29, 0.717) is 33.4 Å². The third-order valence-electron chi connectivity index (χ3n) is 5.41. The van der Waals surface area contributed by atoms with E-state index in [1.807, 2.05) is 38.3 Å². The monoisotopic (exact) mass is 463 g/mol. The maximum absolute atomic E-state index is 14.4. The summed E-state index contributed by atoms with van der Waals surface area (Å²) in [7, 11) is 0. The van der Waals surface area contributed by atoms with Crippen molar-refractivity contribution in [3.63, 3.8) is 0 Å². The van der Waals surface area contributed by atoms with Crippen LogP contribution in [0.2, 0.25) is 5.02 Å². The SMILES string of the molecule is CC(O)CCC1CCCO1.Cc1nc2c(F)cc(-c3nc(N)ncc3Cl)cc2n1C(C)C. The normalized spacial score (nSPS) is 16.9. The summed E-state index contributed by atoms with van der Waals surface area (Å²) in [6.07, 6.45) is 5.98. The minimum atomic E-state index is -0.414. The maximum Gasteiger partial charge on any atom is 0.220 e. The van der Waals surface area contributed by atoms with E-state index in [0.717, 1.165) is 25.3 Å². The summed E-state index contributed by atoms with van der Waals surface area (Å²) < 4.78 is 21.8. The first-order valence-corrected chi connectivity index (χ1v) is 11.3. The summed E-state index contributed by atoms with van der Waals surface area (Å²) in [6, 6.07) is 3.35. The van der Waals surface area contributed by atoms with Gasteiger partial charge in [0.1, 0.15) is 11.3 Å². The van der Waals surface area contributed by atoms with E-state index in [2.05, 4.69) is 15.0 Å². The van der Waals surface area contributed by atoms with E-state index in [1.165, 1.54) is 25.1 Å². The Labute approximate surface area is 192 Å². The largest absolute Gasteiger partial charge is 0.393 e. The highest BCUT2D eigenvalue weighted by Gasteiger charge is 2.18. The number of nitrogens with zero attached hydrogens (tertiary/aromatic N) is 4. The van der Waals surface area contributed by atoms with Crippen LogP contribution < -0.4 is 5.73 Å². The first-order valence-electron chi connectivity index (χ1n) is 10.9. The van der Waals surface area contributed by atoms with Crippen molar-refractivity contribution in [2.45, 2.75) is 71.6 Å². The Kier molecular flexibility index (Phi) is 8.03. The highest BCUT2D eigenvalue weighted by molar-refractivity contribution is 6.33. The first-order chi connectivity index (χ1) is 15.2. The van der Waals surface area contributed by atoms with E-state index in [4.69, 9.17) is 27.2 Å². The van der Waals surface area contributed by atoms with Crippen molar-refractivity contribution in [1.29, 1.82) is 0 Å². The van der Waals surface area contributed by atoms with Crippen LogP contribution >= 0.6 is 11.6 Å². The van der Waals surface area contributed by atoms with Crippen molar-refractivity contribution in [2.75, 3.05) is 12.3 Å². The molecule has 3 aromatic rings. The number of aliphatic hydroxyl groups is 1. The van der Waals surface area contributed by atoms with Gasteiger partial charge in [-0.3, -0.25) is 0 Å². The molecule has 7 nitrogen and oxygen atoms in total. The van der Waals surface area contributed by atoms with Crippen molar-refractivity contribution < 1.29 is 14.2 Å². The molecule has 0 saturated carbocycles. The van der Waals surface area contributed by atoms with Gasteiger partial charge in [-0.1, -0.05) is 11.6 Å². The lowest BCUT2D eigenvalue weighted by molar-refractivity contribution is 0.0852. The van der Waals surface area contributed by atoms with Crippen LogP contribution in [0.5, 0.6) is 0 Å². The number of anilines is 1. The van der Waals surface area contributed by atoms with Gasteiger partial charge in [0.2, 0.25) is 5.95 Å². The van der Waals surface area contributed by atoms with Crippen LogP contribution in [-0.4, -0.2) is 43.4 Å². The van der Waals surface area contributed by atoms with Crippen molar-refractivity contribution in [3.8, 4) is 11.3 Å². The number of hydrogen-bond donors (Lipinski definition) is 2.